The number of nitrogens with two attached hydrogens (primary N) is 1. The van der Waals surface area contributed by atoms with E-state index in [2.05, 4.69) is 14.9 Å². The molecule has 2 aromatic rings. The topological polar surface area (TPSA) is 110 Å². The van der Waals surface area contributed by atoms with Crippen LogP contribution in [0, 0.1) is 0 Å². The summed E-state index contributed by atoms with van der Waals surface area (Å²) in [6.07, 6.45) is 1.40. The number of methoxy groups -OCH3 is 1. The lowest BCUT2D eigenvalue weighted by Gasteiger charge is -2.11. The van der Waals surface area contributed by atoms with Gasteiger partial charge in [-0.25, -0.2) is 0 Å². The molecule has 0 unspecified atom stereocenters. The van der Waals surface area contributed by atoms with Crippen LogP contribution >= 0.6 is 0 Å². The maximum Gasteiger partial charge on any atom is 0.279 e. The number of aromatic nitrogens is 2. The molecule has 0 fully saturated rings. The van der Waals surface area contributed by atoms with Crippen molar-refractivity contribution >= 4 is 15.7 Å². The normalized spacial score (nSPS) is 11.5. The molecule has 1 aromatic carbocycles. The number of hydrogen-bond donors (Lipinski definition) is 3. The number of benzene rings is 1. The molecule has 108 valence electrons. The van der Waals surface area contributed by atoms with Crippen LogP contribution in [0.4, 0.5) is 5.69 Å². The van der Waals surface area contributed by atoms with E-state index in [1.165, 1.54) is 6.20 Å². The lowest BCUT2D eigenvalue weighted by molar-refractivity contribution is 0.185. The largest absolute Gasteiger partial charge is 0.380 e. The smallest absolute Gasteiger partial charge is 0.279 e. The Morgan fingerprint density at radius 2 is 2.10 bits per heavy atom. The molecule has 0 atom stereocenters. The molecular weight excluding hydrogens is 280 g/mol. The van der Waals surface area contributed by atoms with Gasteiger partial charge in [-0.15, -0.1) is 0 Å². The van der Waals surface area contributed by atoms with Crippen molar-refractivity contribution in [2.45, 2.75) is 18.2 Å². The van der Waals surface area contributed by atoms with Crippen molar-refractivity contribution in [2.24, 2.45) is 5.73 Å². The molecule has 0 aliphatic rings. The number of H-pyrrole nitrogens is 1. The van der Waals surface area contributed by atoms with Gasteiger partial charge in [0.05, 0.1) is 18.5 Å². The first kappa shape index (κ1) is 14.5. The van der Waals surface area contributed by atoms with Gasteiger partial charge in [0.1, 0.15) is 0 Å². The summed E-state index contributed by atoms with van der Waals surface area (Å²) in [6.45, 7) is 0.401. The number of hydrogen-bond acceptors (Lipinski definition) is 5. The van der Waals surface area contributed by atoms with Gasteiger partial charge in [-0.3, -0.25) is 9.82 Å². The maximum absolute atomic E-state index is 12.3. The van der Waals surface area contributed by atoms with Crippen LogP contribution in [-0.2, 0) is 27.9 Å². The second-order valence-corrected chi connectivity index (χ2v) is 5.74. The third-order valence-corrected chi connectivity index (χ3v) is 4.11. The molecule has 0 saturated heterocycles. The summed E-state index contributed by atoms with van der Waals surface area (Å²) < 4.78 is 32.2. The number of nitrogens with zero attached hydrogens (tertiary/aromatic N) is 1. The van der Waals surface area contributed by atoms with Crippen LogP contribution in [-0.4, -0.2) is 25.7 Å². The van der Waals surface area contributed by atoms with Crippen molar-refractivity contribution in [2.75, 3.05) is 11.8 Å². The zero-order chi connectivity index (χ0) is 14.6. The Balaban J connectivity index is 2.34. The fraction of sp³-hybridized carbons (Fsp3) is 0.250. The Hall–Kier alpha value is -1.90. The summed E-state index contributed by atoms with van der Waals surface area (Å²) in [6, 6.07) is 7.02. The first-order valence-electron chi connectivity index (χ1n) is 5.90. The van der Waals surface area contributed by atoms with Gasteiger partial charge in [0.25, 0.3) is 10.0 Å². The zero-order valence-corrected chi connectivity index (χ0v) is 11.8. The summed E-state index contributed by atoms with van der Waals surface area (Å²) in [5.41, 5.74) is 7.13. The van der Waals surface area contributed by atoms with Gasteiger partial charge in [-0.2, -0.15) is 13.5 Å². The predicted octanol–water partition coefficient (Wildman–Crippen LogP) is 0.816. The van der Waals surface area contributed by atoms with Gasteiger partial charge in [-0.05, 0) is 6.07 Å². The predicted molar refractivity (Wildman–Crippen MR) is 74.4 cm³/mol. The van der Waals surface area contributed by atoms with Crippen LogP contribution < -0.4 is 10.5 Å². The van der Waals surface area contributed by atoms with Crippen molar-refractivity contribution in [1.29, 1.82) is 0 Å². The van der Waals surface area contributed by atoms with E-state index in [-0.39, 0.29) is 11.6 Å². The molecule has 1 heterocycles. The SMILES string of the molecule is COCc1ccccc1NS(=O)(=O)c1[nH]ncc1CN. The standard InChI is InChI=1S/C12H16N4O3S/c1-19-8-9-4-2-3-5-11(9)16-20(17,18)12-10(6-13)7-14-15-12/h2-5,7,16H,6,8,13H2,1H3,(H,14,15). The summed E-state index contributed by atoms with van der Waals surface area (Å²) >= 11 is 0. The number of nitrogens with one attached hydrogen (secondary N) is 2. The second kappa shape index (κ2) is 6.04. The van der Waals surface area contributed by atoms with Gasteiger partial charge in [0, 0.05) is 24.8 Å². The van der Waals surface area contributed by atoms with Crippen molar-refractivity contribution in [1.82, 2.24) is 10.2 Å². The first-order chi connectivity index (χ1) is 9.58. The minimum atomic E-state index is -3.76. The van der Waals surface area contributed by atoms with E-state index in [0.29, 0.717) is 17.9 Å². The zero-order valence-electron chi connectivity index (χ0n) is 11.0. The molecule has 0 aliphatic heterocycles. The number of para-hydroxylation sites is 1. The third kappa shape index (κ3) is 2.98. The highest BCUT2D eigenvalue weighted by Gasteiger charge is 2.21. The van der Waals surface area contributed by atoms with Gasteiger partial charge in [0.15, 0.2) is 5.03 Å². The molecule has 0 bridgehead atoms. The second-order valence-electron chi connectivity index (χ2n) is 4.12. The Bertz CT molecular complexity index is 682. The van der Waals surface area contributed by atoms with Crippen molar-refractivity contribution < 1.29 is 13.2 Å². The summed E-state index contributed by atoms with van der Waals surface area (Å²) in [5, 5.41) is 6.15. The van der Waals surface area contributed by atoms with E-state index in [4.69, 9.17) is 10.5 Å². The van der Waals surface area contributed by atoms with Crippen molar-refractivity contribution in [3.8, 4) is 0 Å². The summed E-state index contributed by atoms with van der Waals surface area (Å²) in [7, 11) is -2.21. The van der Waals surface area contributed by atoms with Crippen molar-refractivity contribution in [3.63, 3.8) is 0 Å². The van der Waals surface area contributed by atoms with Crippen molar-refractivity contribution in [3.05, 3.63) is 41.6 Å². The van der Waals surface area contributed by atoms with E-state index < -0.39 is 10.0 Å². The van der Waals surface area contributed by atoms with Crippen LogP contribution in [0.25, 0.3) is 0 Å². The Morgan fingerprint density at radius 1 is 1.35 bits per heavy atom. The van der Waals surface area contributed by atoms with Crippen LogP contribution in [0.15, 0.2) is 35.5 Å². The van der Waals surface area contributed by atoms with E-state index >= 15 is 0 Å². The molecule has 0 saturated carbocycles. The monoisotopic (exact) mass is 296 g/mol. The number of ether oxygens (including phenoxy) is 1. The number of anilines is 1. The highest BCUT2D eigenvalue weighted by atomic mass is 32.2. The van der Waals surface area contributed by atoms with Gasteiger partial charge >= 0.3 is 0 Å². The Kier molecular flexibility index (Phi) is 4.38. The lowest BCUT2D eigenvalue weighted by Crippen LogP contribution is -2.17. The van der Waals surface area contributed by atoms with E-state index in [1.54, 1.807) is 25.3 Å². The molecule has 0 aliphatic carbocycles. The lowest BCUT2D eigenvalue weighted by atomic mass is 10.2. The minimum absolute atomic E-state index is 0.0211. The Labute approximate surface area is 117 Å². The fourth-order valence-electron chi connectivity index (χ4n) is 1.77. The summed E-state index contributed by atoms with van der Waals surface area (Å²) in [4.78, 5) is 0. The molecule has 8 heteroatoms. The number of sulfonamides is 1. The highest BCUT2D eigenvalue weighted by molar-refractivity contribution is 7.92. The molecule has 4 N–H and O–H groups in total. The van der Waals surface area contributed by atoms with E-state index in [9.17, 15) is 8.42 Å². The minimum Gasteiger partial charge on any atom is -0.380 e. The van der Waals surface area contributed by atoms with Crippen LogP contribution in [0.1, 0.15) is 11.1 Å². The quantitative estimate of drug-likeness (QED) is 0.731. The molecule has 2 rings (SSSR count). The fourth-order valence-corrected chi connectivity index (χ4v) is 3.02. The van der Waals surface area contributed by atoms with Gasteiger partial charge < -0.3 is 10.5 Å². The average molecular weight is 296 g/mol. The molecular formula is C12H16N4O3S. The molecule has 0 spiro atoms. The molecule has 7 nitrogen and oxygen atoms in total. The third-order valence-electron chi connectivity index (χ3n) is 2.73. The van der Waals surface area contributed by atoms with E-state index in [1.807, 2.05) is 6.07 Å². The molecule has 0 radical (unpaired) electrons. The maximum atomic E-state index is 12.3. The number of aromatic amines is 1. The Morgan fingerprint density at radius 3 is 2.80 bits per heavy atom. The van der Waals surface area contributed by atoms with E-state index in [0.717, 1.165) is 5.56 Å². The highest BCUT2D eigenvalue weighted by Crippen LogP contribution is 2.21. The summed E-state index contributed by atoms with van der Waals surface area (Å²) in [5.74, 6) is 0. The van der Waals surface area contributed by atoms with Crippen LogP contribution in [0.3, 0.4) is 0 Å². The number of rotatable bonds is 6. The first-order valence-corrected chi connectivity index (χ1v) is 7.38. The van der Waals surface area contributed by atoms with Crippen LogP contribution in [0.5, 0.6) is 0 Å². The van der Waals surface area contributed by atoms with Gasteiger partial charge in [0.2, 0.25) is 0 Å². The molecule has 0 amide bonds. The molecule has 20 heavy (non-hydrogen) atoms. The molecule has 1 aromatic heterocycles. The van der Waals surface area contributed by atoms with Crippen LogP contribution in [0.2, 0.25) is 0 Å². The van der Waals surface area contributed by atoms with Gasteiger partial charge in [-0.1, -0.05) is 18.2 Å². The average Bonchev–Trinajstić information content (AvgIpc) is 2.90.